The average molecular weight is 257 g/mol. The molecule has 1 aliphatic rings. The number of nitrogens with two attached hydrogens (primary N) is 1. The zero-order valence-corrected chi connectivity index (χ0v) is 11.5. The fourth-order valence-corrected chi connectivity index (χ4v) is 2.17. The third kappa shape index (κ3) is 2.81. The molecule has 1 rings (SSSR count). The van der Waals surface area contributed by atoms with E-state index < -0.39 is 5.41 Å². The molecule has 0 bridgehead atoms. The summed E-state index contributed by atoms with van der Waals surface area (Å²) in [6.07, 6.45) is 0. The van der Waals surface area contributed by atoms with E-state index in [0.717, 1.165) is 0 Å². The first-order valence-corrected chi connectivity index (χ1v) is 6.13. The maximum absolute atomic E-state index is 12.4. The van der Waals surface area contributed by atoms with E-state index in [1.54, 1.807) is 25.9 Å². The fourth-order valence-electron chi connectivity index (χ4n) is 2.17. The van der Waals surface area contributed by atoms with E-state index in [4.69, 9.17) is 10.5 Å². The van der Waals surface area contributed by atoms with Crippen LogP contribution in [0.4, 0.5) is 0 Å². The van der Waals surface area contributed by atoms with Gasteiger partial charge in [-0.3, -0.25) is 9.59 Å². The standard InChI is InChI=1S/C12H23N3O3/c1-8(10(16)14-3)5-15(4)11(17)12(2)7-18-6-9(12)13/h8-9H,5-7,13H2,1-4H3,(H,14,16). The number of ether oxygens (including phenoxy) is 1. The van der Waals surface area contributed by atoms with Crippen LogP contribution in [-0.2, 0) is 14.3 Å². The van der Waals surface area contributed by atoms with Gasteiger partial charge in [-0.2, -0.15) is 0 Å². The summed E-state index contributed by atoms with van der Waals surface area (Å²) >= 11 is 0. The monoisotopic (exact) mass is 257 g/mol. The molecule has 6 nitrogen and oxygen atoms in total. The highest BCUT2D eigenvalue weighted by atomic mass is 16.5. The van der Waals surface area contributed by atoms with Crippen molar-refractivity contribution in [1.29, 1.82) is 0 Å². The van der Waals surface area contributed by atoms with Gasteiger partial charge in [0.2, 0.25) is 11.8 Å². The molecule has 3 unspecified atom stereocenters. The Hall–Kier alpha value is -1.14. The zero-order chi connectivity index (χ0) is 13.9. The van der Waals surface area contributed by atoms with Gasteiger partial charge in [-0.25, -0.2) is 0 Å². The van der Waals surface area contributed by atoms with Crippen molar-refractivity contribution < 1.29 is 14.3 Å². The van der Waals surface area contributed by atoms with Gasteiger partial charge in [-0.15, -0.1) is 0 Å². The molecule has 3 atom stereocenters. The van der Waals surface area contributed by atoms with E-state index >= 15 is 0 Å². The van der Waals surface area contributed by atoms with Gasteiger partial charge in [0.25, 0.3) is 0 Å². The number of nitrogens with zero attached hydrogens (tertiary/aromatic N) is 1. The Kier molecular flexibility index (Phi) is 4.70. The first kappa shape index (κ1) is 14.9. The highest BCUT2D eigenvalue weighted by molar-refractivity contribution is 5.84. The van der Waals surface area contributed by atoms with Crippen molar-refractivity contribution in [3.05, 3.63) is 0 Å². The molecule has 0 aromatic heterocycles. The average Bonchev–Trinajstić information content (AvgIpc) is 2.68. The number of hydrogen-bond donors (Lipinski definition) is 2. The largest absolute Gasteiger partial charge is 0.379 e. The normalized spacial score (nSPS) is 28.8. The van der Waals surface area contributed by atoms with Crippen LogP contribution in [0, 0.1) is 11.3 Å². The highest BCUT2D eigenvalue weighted by Crippen LogP contribution is 2.29. The molecule has 0 spiro atoms. The molecule has 104 valence electrons. The first-order chi connectivity index (χ1) is 8.32. The van der Waals surface area contributed by atoms with E-state index in [0.29, 0.717) is 19.8 Å². The van der Waals surface area contributed by atoms with Crippen molar-refractivity contribution in [3.8, 4) is 0 Å². The third-order valence-corrected chi connectivity index (χ3v) is 3.59. The van der Waals surface area contributed by atoms with Gasteiger partial charge in [0.15, 0.2) is 0 Å². The van der Waals surface area contributed by atoms with Crippen LogP contribution in [0.3, 0.4) is 0 Å². The number of carbonyl (C=O) groups excluding carboxylic acids is 2. The van der Waals surface area contributed by atoms with E-state index in [2.05, 4.69) is 5.32 Å². The molecular weight excluding hydrogens is 234 g/mol. The molecule has 6 heteroatoms. The summed E-state index contributed by atoms with van der Waals surface area (Å²) in [6, 6.07) is -0.289. The summed E-state index contributed by atoms with van der Waals surface area (Å²) in [7, 11) is 3.28. The SMILES string of the molecule is CNC(=O)C(C)CN(C)C(=O)C1(C)COCC1N. The molecule has 1 fully saturated rings. The van der Waals surface area contributed by atoms with Crippen LogP contribution in [0.2, 0.25) is 0 Å². The number of nitrogens with one attached hydrogen (secondary N) is 1. The molecule has 0 aromatic rings. The van der Waals surface area contributed by atoms with Crippen molar-refractivity contribution in [1.82, 2.24) is 10.2 Å². The Balaban J connectivity index is 2.64. The second kappa shape index (κ2) is 5.67. The lowest BCUT2D eigenvalue weighted by atomic mass is 9.84. The first-order valence-electron chi connectivity index (χ1n) is 6.13. The van der Waals surface area contributed by atoms with Crippen LogP contribution in [0.1, 0.15) is 13.8 Å². The second-order valence-corrected chi connectivity index (χ2v) is 5.24. The second-order valence-electron chi connectivity index (χ2n) is 5.24. The third-order valence-electron chi connectivity index (χ3n) is 3.59. The molecule has 3 N–H and O–H groups in total. The lowest BCUT2D eigenvalue weighted by Gasteiger charge is -2.31. The maximum atomic E-state index is 12.4. The Morgan fingerprint density at radius 2 is 2.22 bits per heavy atom. The van der Waals surface area contributed by atoms with Gasteiger partial charge in [0, 0.05) is 26.7 Å². The van der Waals surface area contributed by atoms with Crippen molar-refractivity contribution in [2.75, 3.05) is 33.9 Å². The van der Waals surface area contributed by atoms with Crippen molar-refractivity contribution in [2.45, 2.75) is 19.9 Å². The smallest absolute Gasteiger partial charge is 0.232 e. The van der Waals surface area contributed by atoms with Crippen LogP contribution in [0.5, 0.6) is 0 Å². The minimum Gasteiger partial charge on any atom is -0.379 e. The molecule has 0 saturated carbocycles. The Morgan fingerprint density at radius 3 is 2.67 bits per heavy atom. The van der Waals surface area contributed by atoms with Crippen LogP contribution in [-0.4, -0.2) is 56.6 Å². The van der Waals surface area contributed by atoms with Crippen LogP contribution >= 0.6 is 0 Å². The Labute approximate surface area is 108 Å². The predicted octanol–water partition coefficient (Wildman–Crippen LogP) is -0.809. The summed E-state index contributed by atoms with van der Waals surface area (Å²) < 4.78 is 5.27. The van der Waals surface area contributed by atoms with Gasteiger partial charge in [0.1, 0.15) is 0 Å². The van der Waals surface area contributed by atoms with Crippen LogP contribution in [0.15, 0.2) is 0 Å². The molecular formula is C12H23N3O3. The summed E-state index contributed by atoms with van der Waals surface area (Å²) in [5.41, 5.74) is 5.23. The maximum Gasteiger partial charge on any atom is 0.232 e. The predicted molar refractivity (Wildman–Crippen MR) is 67.8 cm³/mol. The summed E-state index contributed by atoms with van der Waals surface area (Å²) in [5, 5.41) is 2.57. The number of rotatable bonds is 4. The highest BCUT2D eigenvalue weighted by Gasteiger charge is 2.45. The zero-order valence-electron chi connectivity index (χ0n) is 11.5. The molecule has 0 radical (unpaired) electrons. The van der Waals surface area contributed by atoms with E-state index in [1.807, 2.05) is 6.92 Å². The quantitative estimate of drug-likeness (QED) is 0.690. The number of carbonyl (C=O) groups is 2. The minimum absolute atomic E-state index is 0.0664. The van der Waals surface area contributed by atoms with Crippen molar-refractivity contribution >= 4 is 11.8 Å². The topological polar surface area (TPSA) is 84.7 Å². The van der Waals surface area contributed by atoms with Gasteiger partial charge < -0.3 is 20.7 Å². The lowest BCUT2D eigenvalue weighted by molar-refractivity contribution is -0.141. The van der Waals surface area contributed by atoms with Crippen LogP contribution < -0.4 is 11.1 Å². The molecule has 2 amide bonds. The summed E-state index contributed by atoms with van der Waals surface area (Å²) in [6.45, 7) is 4.72. The van der Waals surface area contributed by atoms with Gasteiger partial charge in [-0.1, -0.05) is 6.92 Å². The number of amides is 2. The molecule has 0 aliphatic carbocycles. The van der Waals surface area contributed by atoms with E-state index in [-0.39, 0.29) is 23.8 Å². The molecule has 1 saturated heterocycles. The minimum atomic E-state index is -0.683. The Morgan fingerprint density at radius 1 is 1.61 bits per heavy atom. The molecule has 1 aliphatic heterocycles. The van der Waals surface area contributed by atoms with Crippen LogP contribution in [0.25, 0.3) is 0 Å². The van der Waals surface area contributed by atoms with Gasteiger partial charge in [0.05, 0.1) is 24.5 Å². The van der Waals surface area contributed by atoms with E-state index in [9.17, 15) is 9.59 Å². The summed E-state index contributed by atoms with van der Waals surface area (Å²) in [4.78, 5) is 25.4. The molecule has 0 aromatic carbocycles. The summed E-state index contributed by atoms with van der Waals surface area (Å²) in [5.74, 6) is -0.388. The van der Waals surface area contributed by atoms with Crippen molar-refractivity contribution in [3.63, 3.8) is 0 Å². The molecule has 18 heavy (non-hydrogen) atoms. The lowest BCUT2D eigenvalue weighted by Crippen LogP contribution is -2.51. The fraction of sp³-hybridized carbons (Fsp3) is 0.833. The van der Waals surface area contributed by atoms with Crippen molar-refractivity contribution in [2.24, 2.45) is 17.1 Å². The molecule has 1 heterocycles. The van der Waals surface area contributed by atoms with Gasteiger partial charge >= 0.3 is 0 Å². The van der Waals surface area contributed by atoms with Gasteiger partial charge in [-0.05, 0) is 6.92 Å². The van der Waals surface area contributed by atoms with E-state index in [1.165, 1.54) is 0 Å². The Bertz CT molecular complexity index is 335. The number of hydrogen-bond acceptors (Lipinski definition) is 4.